The van der Waals surface area contributed by atoms with E-state index in [-0.39, 0.29) is 11.8 Å². The minimum Gasteiger partial charge on any atom is -0.375 e. The van der Waals surface area contributed by atoms with Gasteiger partial charge in [-0.2, -0.15) is 0 Å². The van der Waals surface area contributed by atoms with E-state index in [4.69, 9.17) is 5.73 Å². The fourth-order valence-corrected chi connectivity index (χ4v) is 3.47. The molecule has 0 aliphatic heterocycles. The van der Waals surface area contributed by atoms with Gasteiger partial charge in [0.05, 0.1) is 11.6 Å². The normalized spacial score (nSPS) is 16.7. The first-order valence-electron chi connectivity index (χ1n) is 7.29. The molecule has 1 atom stereocenters. The quantitative estimate of drug-likeness (QED) is 0.834. The Hall–Kier alpha value is -1.88. The van der Waals surface area contributed by atoms with Crippen molar-refractivity contribution >= 4 is 22.4 Å². The Kier molecular flexibility index (Phi) is 4.20. The Bertz CT molecular complexity index is 638. The summed E-state index contributed by atoms with van der Waals surface area (Å²) in [6.07, 6.45) is 3.68. The van der Waals surface area contributed by atoms with Crippen molar-refractivity contribution in [2.24, 2.45) is 0 Å². The fraction of sp³-hybridized carbons (Fsp3) is 0.375. The summed E-state index contributed by atoms with van der Waals surface area (Å²) >= 11 is 1.46. The van der Waals surface area contributed by atoms with Gasteiger partial charge >= 0.3 is 0 Å². The van der Waals surface area contributed by atoms with Gasteiger partial charge in [0.15, 0.2) is 5.13 Å². The van der Waals surface area contributed by atoms with Crippen LogP contribution in [0.2, 0.25) is 0 Å². The van der Waals surface area contributed by atoms with Gasteiger partial charge in [0.1, 0.15) is 0 Å². The van der Waals surface area contributed by atoms with E-state index >= 15 is 0 Å². The zero-order valence-electron chi connectivity index (χ0n) is 11.8. The van der Waals surface area contributed by atoms with Crippen LogP contribution in [0.5, 0.6) is 0 Å². The number of nitrogen functional groups attached to an aromatic ring is 1. The standard InChI is InChI=1S/C16H19N3OS/c17-16-19-12(10-21-16)5-3-9-18-15(20)14-8-7-11-4-1-2-6-13(11)14/h1-2,4,6,10,14H,3,5,7-9H2,(H2,17,19)(H,18,20)/t14-/m0/s1. The van der Waals surface area contributed by atoms with E-state index in [0.717, 1.165) is 31.4 Å². The molecule has 1 aliphatic rings. The van der Waals surface area contributed by atoms with Crippen LogP contribution in [0.1, 0.15) is 35.6 Å². The van der Waals surface area contributed by atoms with Crippen molar-refractivity contribution in [2.75, 3.05) is 12.3 Å². The first-order valence-corrected chi connectivity index (χ1v) is 8.17. The monoisotopic (exact) mass is 301 g/mol. The summed E-state index contributed by atoms with van der Waals surface area (Å²) < 4.78 is 0. The van der Waals surface area contributed by atoms with Gasteiger partial charge in [-0.05, 0) is 36.8 Å². The summed E-state index contributed by atoms with van der Waals surface area (Å²) in [7, 11) is 0. The summed E-state index contributed by atoms with van der Waals surface area (Å²) in [6, 6.07) is 8.25. The number of anilines is 1. The number of amides is 1. The topological polar surface area (TPSA) is 68.0 Å². The molecular formula is C16H19N3OS. The lowest BCUT2D eigenvalue weighted by atomic mass is 10.0. The molecule has 0 bridgehead atoms. The van der Waals surface area contributed by atoms with E-state index in [1.54, 1.807) is 0 Å². The van der Waals surface area contributed by atoms with E-state index in [2.05, 4.69) is 22.4 Å². The minimum absolute atomic E-state index is 0.0242. The van der Waals surface area contributed by atoms with Crippen molar-refractivity contribution in [1.82, 2.24) is 10.3 Å². The summed E-state index contributed by atoms with van der Waals surface area (Å²) in [5, 5.41) is 5.63. The highest BCUT2D eigenvalue weighted by Gasteiger charge is 2.27. The number of aryl methyl sites for hydroxylation is 2. The van der Waals surface area contributed by atoms with E-state index < -0.39 is 0 Å². The van der Waals surface area contributed by atoms with Crippen molar-refractivity contribution in [1.29, 1.82) is 0 Å². The second-order valence-electron chi connectivity index (χ2n) is 5.36. The molecule has 0 unspecified atom stereocenters. The summed E-state index contributed by atoms with van der Waals surface area (Å²) in [5.74, 6) is 0.175. The lowest BCUT2D eigenvalue weighted by Gasteiger charge is -2.12. The lowest BCUT2D eigenvalue weighted by molar-refractivity contribution is -0.122. The predicted octanol–water partition coefficient (Wildman–Crippen LogP) is 2.50. The molecule has 3 N–H and O–H groups in total. The van der Waals surface area contributed by atoms with Gasteiger partial charge in [-0.1, -0.05) is 24.3 Å². The van der Waals surface area contributed by atoms with Gasteiger partial charge in [0.25, 0.3) is 0 Å². The van der Waals surface area contributed by atoms with Crippen molar-refractivity contribution in [3.63, 3.8) is 0 Å². The molecule has 0 spiro atoms. The SMILES string of the molecule is Nc1nc(CCCNC(=O)[C@H]2CCc3ccccc32)cs1. The van der Waals surface area contributed by atoms with Crippen LogP contribution in [0, 0.1) is 0 Å². The average Bonchev–Trinajstić information content (AvgIpc) is 3.09. The Morgan fingerprint density at radius 3 is 3.10 bits per heavy atom. The first-order chi connectivity index (χ1) is 10.2. The highest BCUT2D eigenvalue weighted by atomic mass is 32.1. The number of carbonyl (C=O) groups excluding carboxylic acids is 1. The van der Waals surface area contributed by atoms with Crippen LogP contribution >= 0.6 is 11.3 Å². The molecule has 2 aromatic rings. The maximum Gasteiger partial charge on any atom is 0.227 e. The largest absolute Gasteiger partial charge is 0.375 e. The third-order valence-corrected chi connectivity index (χ3v) is 4.65. The Labute approximate surface area is 128 Å². The van der Waals surface area contributed by atoms with Crippen molar-refractivity contribution in [3.05, 3.63) is 46.5 Å². The maximum absolute atomic E-state index is 12.3. The average molecular weight is 301 g/mol. The molecule has 3 rings (SSSR count). The third kappa shape index (κ3) is 3.24. The van der Waals surface area contributed by atoms with Gasteiger partial charge in [-0.15, -0.1) is 11.3 Å². The number of fused-ring (bicyclic) bond motifs is 1. The highest BCUT2D eigenvalue weighted by Crippen LogP contribution is 2.32. The molecule has 0 saturated carbocycles. The molecule has 0 saturated heterocycles. The summed E-state index contributed by atoms with van der Waals surface area (Å²) in [4.78, 5) is 16.5. The van der Waals surface area contributed by atoms with Gasteiger partial charge in [0.2, 0.25) is 5.91 Å². The number of aromatic nitrogens is 1. The molecule has 0 radical (unpaired) electrons. The Morgan fingerprint density at radius 1 is 1.43 bits per heavy atom. The molecule has 1 aromatic carbocycles. The first kappa shape index (κ1) is 14.1. The molecule has 1 heterocycles. The second-order valence-corrected chi connectivity index (χ2v) is 6.25. The second kappa shape index (κ2) is 6.26. The number of nitrogens with zero attached hydrogens (tertiary/aromatic N) is 1. The molecule has 5 heteroatoms. The summed E-state index contributed by atoms with van der Waals surface area (Å²) in [5.41, 5.74) is 9.12. The van der Waals surface area contributed by atoms with E-state index in [1.807, 2.05) is 17.5 Å². The van der Waals surface area contributed by atoms with Crippen LogP contribution in [-0.4, -0.2) is 17.4 Å². The number of hydrogen-bond acceptors (Lipinski definition) is 4. The number of thiazole rings is 1. The van der Waals surface area contributed by atoms with Crippen LogP contribution in [0.4, 0.5) is 5.13 Å². The smallest absolute Gasteiger partial charge is 0.227 e. The van der Waals surface area contributed by atoms with E-state index in [1.165, 1.54) is 22.5 Å². The van der Waals surface area contributed by atoms with Gasteiger partial charge in [-0.3, -0.25) is 4.79 Å². The molecule has 0 fully saturated rings. The molecule has 1 aromatic heterocycles. The van der Waals surface area contributed by atoms with E-state index in [0.29, 0.717) is 11.7 Å². The molecule has 110 valence electrons. The fourth-order valence-electron chi connectivity index (χ4n) is 2.87. The number of nitrogens with two attached hydrogens (primary N) is 1. The molecular weight excluding hydrogens is 282 g/mol. The maximum atomic E-state index is 12.3. The highest BCUT2D eigenvalue weighted by molar-refractivity contribution is 7.13. The number of rotatable bonds is 5. The van der Waals surface area contributed by atoms with Gasteiger partial charge < -0.3 is 11.1 Å². The predicted molar refractivity (Wildman–Crippen MR) is 85.4 cm³/mol. The van der Waals surface area contributed by atoms with Crippen LogP contribution in [0.15, 0.2) is 29.6 Å². The minimum atomic E-state index is 0.0242. The Balaban J connectivity index is 1.47. The van der Waals surface area contributed by atoms with Crippen molar-refractivity contribution in [2.45, 2.75) is 31.6 Å². The van der Waals surface area contributed by atoms with Gasteiger partial charge in [0, 0.05) is 11.9 Å². The third-order valence-electron chi connectivity index (χ3n) is 3.93. The van der Waals surface area contributed by atoms with Gasteiger partial charge in [-0.25, -0.2) is 4.98 Å². The molecule has 1 aliphatic carbocycles. The van der Waals surface area contributed by atoms with Crippen molar-refractivity contribution in [3.8, 4) is 0 Å². The molecule has 1 amide bonds. The lowest BCUT2D eigenvalue weighted by Crippen LogP contribution is -2.29. The number of carbonyl (C=O) groups is 1. The number of nitrogens with one attached hydrogen (secondary N) is 1. The zero-order valence-corrected chi connectivity index (χ0v) is 12.7. The van der Waals surface area contributed by atoms with Crippen LogP contribution in [0.3, 0.4) is 0 Å². The van der Waals surface area contributed by atoms with E-state index in [9.17, 15) is 4.79 Å². The zero-order chi connectivity index (χ0) is 14.7. The van der Waals surface area contributed by atoms with Crippen LogP contribution < -0.4 is 11.1 Å². The molecule has 21 heavy (non-hydrogen) atoms. The van der Waals surface area contributed by atoms with Crippen molar-refractivity contribution < 1.29 is 4.79 Å². The Morgan fingerprint density at radius 2 is 2.29 bits per heavy atom. The number of hydrogen-bond donors (Lipinski definition) is 2. The van der Waals surface area contributed by atoms with Crippen LogP contribution in [0.25, 0.3) is 0 Å². The molecule has 4 nitrogen and oxygen atoms in total. The van der Waals surface area contributed by atoms with Crippen LogP contribution in [-0.2, 0) is 17.6 Å². The number of benzene rings is 1. The summed E-state index contributed by atoms with van der Waals surface area (Å²) in [6.45, 7) is 0.689.